The summed E-state index contributed by atoms with van der Waals surface area (Å²) in [5.74, 6) is 0.0966. The molecule has 2 N–H and O–H groups in total. The predicted octanol–water partition coefficient (Wildman–Crippen LogP) is 4.15. The summed E-state index contributed by atoms with van der Waals surface area (Å²) in [7, 11) is 1.54. The summed E-state index contributed by atoms with van der Waals surface area (Å²) in [6, 6.07) is 11.0. The Morgan fingerprint density at radius 3 is 2.29 bits per heavy atom. The molecule has 0 aliphatic heterocycles. The van der Waals surface area contributed by atoms with Gasteiger partial charge >= 0.3 is 6.18 Å². The van der Waals surface area contributed by atoms with Crippen molar-refractivity contribution < 1.29 is 22.7 Å². The second-order valence-electron chi connectivity index (χ2n) is 5.13. The van der Waals surface area contributed by atoms with Crippen LogP contribution in [0.25, 0.3) is 0 Å². The molecule has 7 heteroatoms. The maximum atomic E-state index is 12.9. The Morgan fingerprint density at radius 1 is 1.08 bits per heavy atom. The van der Waals surface area contributed by atoms with E-state index in [0.717, 1.165) is 6.07 Å². The van der Waals surface area contributed by atoms with Crippen LogP contribution >= 0.6 is 0 Å². The molecule has 1 atom stereocenters. The van der Waals surface area contributed by atoms with E-state index in [2.05, 4.69) is 10.6 Å². The lowest BCUT2D eigenvalue weighted by atomic mass is 10.1. The number of amides is 1. The van der Waals surface area contributed by atoms with Gasteiger partial charge in [0.15, 0.2) is 0 Å². The lowest BCUT2D eigenvalue weighted by Gasteiger charge is -2.18. The van der Waals surface area contributed by atoms with Gasteiger partial charge in [0, 0.05) is 5.69 Å². The van der Waals surface area contributed by atoms with E-state index >= 15 is 0 Å². The Balaban J connectivity index is 2.06. The Bertz CT molecular complexity index is 700. The molecule has 128 valence electrons. The first-order valence-corrected chi connectivity index (χ1v) is 7.19. The van der Waals surface area contributed by atoms with Crippen LogP contribution in [0.5, 0.6) is 5.75 Å². The van der Waals surface area contributed by atoms with Gasteiger partial charge in [0.1, 0.15) is 11.8 Å². The van der Waals surface area contributed by atoms with Gasteiger partial charge in [-0.1, -0.05) is 12.1 Å². The number of rotatable bonds is 5. The molecule has 0 aliphatic rings. The highest BCUT2D eigenvalue weighted by Crippen LogP contribution is 2.34. The zero-order valence-electron chi connectivity index (χ0n) is 13.1. The molecule has 0 aromatic heterocycles. The third-order valence-electron chi connectivity index (χ3n) is 3.36. The Morgan fingerprint density at radius 2 is 1.71 bits per heavy atom. The number of carbonyl (C=O) groups is 1. The van der Waals surface area contributed by atoms with Crippen LogP contribution in [-0.2, 0) is 11.0 Å². The van der Waals surface area contributed by atoms with Crippen molar-refractivity contribution in [2.24, 2.45) is 0 Å². The van der Waals surface area contributed by atoms with E-state index in [1.165, 1.54) is 25.3 Å². The fourth-order valence-electron chi connectivity index (χ4n) is 2.08. The van der Waals surface area contributed by atoms with Crippen molar-refractivity contribution >= 4 is 17.3 Å². The molecule has 2 aromatic rings. The highest BCUT2D eigenvalue weighted by atomic mass is 19.4. The summed E-state index contributed by atoms with van der Waals surface area (Å²) in [6.45, 7) is 1.57. The van der Waals surface area contributed by atoms with Crippen LogP contribution in [-0.4, -0.2) is 19.1 Å². The fraction of sp³-hybridized carbons (Fsp3) is 0.235. The number of hydrogen-bond donors (Lipinski definition) is 2. The number of ether oxygens (including phenoxy) is 1. The van der Waals surface area contributed by atoms with E-state index in [4.69, 9.17) is 4.74 Å². The number of halogens is 3. The van der Waals surface area contributed by atoms with Crippen LogP contribution in [0.1, 0.15) is 12.5 Å². The summed E-state index contributed by atoms with van der Waals surface area (Å²) >= 11 is 0. The molecule has 2 aromatic carbocycles. The van der Waals surface area contributed by atoms with Gasteiger partial charge in [-0.3, -0.25) is 4.79 Å². The third kappa shape index (κ3) is 4.41. The minimum Gasteiger partial charge on any atom is -0.497 e. The second kappa shape index (κ2) is 7.25. The zero-order valence-corrected chi connectivity index (χ0v) is 13.1. The maximum Gasteiger partial charge on any atom is 0.418 e. The first-order valence-electron chi connectivity index (χ1n) is 7.19. The average molecular weight is 338 g/mol. The first-order chi connectivity index (χ1) is 11.3. The van der Waals surface area contributed by atoms with Crippen LogP contribution in [0.2, 0.25) is 0 Å². The number of carbonyl (C=O) groups excluding carboxylic acids is 1. The van der Waals surface area contributed by atoms with Crippen LogP contribution in [0.3, 0.4) is 0 Å². The molecule has 0 spiro atoms. The first kappa shape index (κ1) is 17.7. The summed E-state index contributed by atoms with van der Waals surface area (Å²) < 4.78 is 43.9. The normalized spacial score (nSPS) is 12.4. The summed E-state index contributed by atoms with van der Waals surface area (Å²) in [5.41, 5.74) is -0.490. The minimum atomic E-state index is -4.53. The summed E-state index contributed by atoms with van der Waals surface area (Å²) in [4.78, 5) is 12.2. The smallest absolute Gasteiger partial charge is 0.418 e. The number of nitrogens with one attached hydrogen (secondary N) is 2. The quantitative estimate of drug-likeness (QED) is 0.861. The molecule has 0 saturated heterocycles. The van der Waals surface area contributed by atoms with Gasteiger partial charge in [0.2, 0.25) is 5.91 Å². The fourth-order valence-corrected chi connectivity index (χ4v) is 2.08. The van der Waals surface area contributed by atoms with Crippen LogP contribution < -0.4 is 15.4 Å². The van der Waals surface area contributed by atoms with E-state index < -0.39 is 23.7 Å². The van der Waals surface area contributed by atoms with E-state index in [-0.39, 0.29) is 5.69 Å². The second-order valence-corrected chi connectivity index (χ2v) is 5.13. The molecule has 0 fully saturated rings. The molecule has 24 heavy (non-hydrogen) atoms. The molecule has 2 rings (SSSR count). The average Bonchev–Trinajstić information content (AvgIpc) is 2.55. The molecule has 0 aliphatic carbocycles. The summed E-state index contributed by atoms with van der Waals surface area (Å²) in [5, 5.41) is 5.24. The van der Waals surface area contributed by atoms with E-state index in [9.17, 15) is 18.0 Å². The molecule has 0 radical (unpaired) electrons. The molecule has 1 amide bonds. The molecule has 4 nitrogen and oxygen atoms in total. The number of benzene rings is 2. The van der Waals surface area contributed by atoms with E-state index in [0.29, 0.717) is 11.4 Å². The SMILES string of the molecule is COc1ccc(NC(C)C(=O)Nc2ccccc2C(F)(F)F)cc1. The number of para-hydroxylation sites is 1. The lowest BCUT2D eigenvalue weighted by molar-refractivity contribution is -0.137. The van der Waals surface area contributed by atoms with Gasteiger partial charge in [-0.2, -0.15) is 13.2 Å². The van der Waals surface area contributed by atoms with Crippen molar-refractivity contribution in [3.05, 3.63) is 54.1 Å². The third-order valence-corrected chi connectivity index (χ3v) is 3.36. The number of anilines is 2. The van der Waals surface area contributed by atoms with Crippen LogP contribution in [0, 0.1) is 0 Å². The maximum absolute atomic E-state index is 12.9. The highest BCUT2D eigenvalue weighted by molar-refractivity contribution is 5.96. The van der Waals surface area contributed by atoms with Crippen molar-refractivity contribution in [1.29, 1.82) is 0 Å². The number of hydrogen-bond acceptors (Lipinski definition) is 3. The monoisotopic (exact) mass is 338 g/mol. The van der Waals surface area contributed by atoms with Gasteiger partial charge in [-0.15, -0.1) is 0 Å². The van der Waals surface area contributed by atoms with Gasteiger partial charge < -0.3 is 15.4 Å². The van der Waals surface area contributed by atoms with Crippen molar-refractivity contribution in [3.63, 3.8) is 0 Å². The standard InChI is InChI=1S/C17H17F3N2O2/c1-11(21-12-7-9-13(24-2)10-8-12)16(23)22-15-6-4-3-5-14(15)17(18,19)20/h3-11,21H,1-2H3,(H,22,23). The molecule has 0 saturated carbocycles. The van der Waals surface area contributed by atoms with E-state index in [1.54, 1.807) is 31.2 Å². The zero-order chi connectivity index (χ0) is 17.7. The van der Waals surface area contributed by atoms with Crippen LogP contribution in [0.4, 0.5) is 24.5 Å². The Labute approximate surface area is 137 Å². The van der Waals surface area contributed by atoms with Gasteiger partial charge in [0.25, 0.3) is 0 Å². The molecule has 0 heterocycles. The van der Waals surface area contributed by atoms with E-state index in [1.807, 2.05) is 0 Å². The predicted molar refractivity (Wildman–Crippen MR) is 86.2 cm³/mol. The molecular formula is C17H17F3N2O2. The van der Waals surface area contributed by atoms with Crippen molar-refractivity contribution in [2.45, 2.75) is 19.1 Å². The summed E-state index contributed by atoms with van der Waals surface area (Å²) in [6.07, 6.45) is -4.53. The van der Waals surface area contributed by atoms with Gasteiger partial charge in [-0.05, 0) is 43.3 Å². The number of methoxy groups -OCH3 is 1. The number of alkyl halides is 3. The highest BCUT2D eigenvalue weighted by Gasteiger charge is 2.33. The van der Waals surface area contributed by atoms with Crippen molar-refractivity contribution in [1.82, 2.24) is 0 Å². The molecule has 1 unspecified atom stereocenters. The Hall–Kier alpha value is -2.70. The minimum absolute atomic E-state index is 0.265. The van der Waals surface area contributed by atoms with Crippen LogP contribution in [0.15, 0.2) is 48.5 Å². The topological polar surface area (TPSA) is 50.4 Å². The molecule has 0 bridgehead atoms. The molecular weight excluding hydrogens is 321 g/mol. The van der Waals surface area contributed by atoms with Gasteiger partial charge in [0.05, 0.1) is 18.4 Å². The lowest BCUT2D eigenvalue weighted by Crippen LogP contribution is -2.32. The largest absolute Gasteiger partial charge is 0.497 e. The van der Waals surface area contributed by atoms with Gasteiger partial charge in [-0.25, -0.2) is 0 Å². The van der Waals surface area contributed by atoms with Crippen molar-refractivity contribution in [2.75, 3.05) is 17.7 Å². The Kier molecular flexibility index (Phi) is 5.33. The van der Waals surface area contributed by atoms with Crippen molar-refractivity contribution in [3.8, 4) is 5.75 Å².